The van der Waals surface area contributed by atoms with Crippen molar-refractivity contribution in [2.24, 2.45) is 5.73 Å². The van der Waals surface area contributed by atoms with Crippen LogP contribution in [0.1, 0.15) is 11.6 Å². The van der Waals surface area contributed by atoms with E-state index in [2.05, 4.69) is 15.9 Å². The molecule has 4 nitrogen and oxygen atoms in total. The molecular weight excluding hydrogens is 368 g/mol. The van der Waals surface area contributed by atoms with Crippen molar-refractivity contribution in [3.8, 4) is 5.75 Å². The number of nitrogens with zero attached hydrogens (tertiary/aromatic N) is 1. The van der Waals surface area contributed by atoms with Crippen molar-refractivity contribution >= 4 is 39.1 Å². The molecule has 0 bridgehead atoms. The Morgan fingerprint density at radius 2 is 1.91 bits per heavy atom. The third-order valence-electron chi connectivity index (χ3n) is 3.77. The molecule has 1 aliphatic heterocycles. The Kier molecular flexibility index (Phi) is 4.12. The van der Waals surface area contributed by atoms with Crippen molar-refractivity contribution in [3.05, 3.63) is 57.5 Å². The Balaban J connectivity index is 1.96. The van der Waals surface area contributed by atoms with Crippen LogP contribution in [-0.4, -0.2) is 19.1 Å². The van der Waals surface area contributed by atoms with E-state index in [1.165, 1.54) is 0 Å². The standard InChI is InChI=1S/C16H14BrClN2O2/c1-22-13-7-6-11(8-12(13)18)20-15(14(19)16(20)21)9-2-4-10(17)5-3-9/h2-8,14-15H,19H2,1H3/t14-,15+/m1/s1. The fourth-order valence-corrected chi connectivity index (χ4v) is 3.14. The number of methoxy groups -OCH3 is 1. The smallest absolute Gasteiger partial charge is 0.247 e. The lowest BCUT2D eigenvalue weighted by Gasteiger charge is -2.45. The number of carbonyl (C=O) groups is 1. The highest BCUT2D eigenvalue weighted by molar-refractivity contribution is 9.10. The van der Waals surface area contributed by atoms with E-state index in [0.717, 1.165) is 10.0 Å². The quantitative estimate of drug-likeness (QED) is 0.828. The van der Waals surface area contributed by atoms with Crippen molar-refractivity contribution in [3.63, 3.8) is 0 Å². The SMILES string of the molecule is COc1ccc(N2C(=O)[C@H](N)[C@@H]2c2ccc(Br)cc2)cc1Cl. The number of anilines is 1. The average Bonchev–Trinajstić information content (AvgIpc) is 2.52. The zero-order valence-electron chi connectivity index (χ0n) is 11.8. The second-order valence-electron chi connectivity index (χ2n) is 5.05. The van der Waals surface area contributed by atoms with Gasteiger partial charge in [-0.25, -0.2) is 0 Å². The molecule has 2 N–H and O–H groups in total. The number of hydrogen-bond donors (Lipinski definition) is 1. The number of carbonyl (C=O) groups excluding carboxylic acids is 1. The topological polar surface area (TPSA) is 55.6 Å². The van der Waals surface area contributed by atoms with Gasteiger partial charge in [0.2, 0.25) is 5.91 Å². The Bertz CT molecular complexity index is 721. The van der Waals surface area contributed by atoms with Crippen LogP contribution in [0.3, 0.4) is 0 Å². The fraction of sp³-hybridized carbons (Fsp3) is 0.188. The van der Waals surface area contributed by atoms with E-state index in [4.69, 9.17) is 22.1 Å². The van der Waals surface area contributed by atoms with Gasteiger partial charge in [0, 0.05) is 10.2 Å². The van der Waals surface area contributed by atoms with Crippen LogP contribution in [0.5, 0.6) is 5.75 Å². The Morgan fingerprint density at radius 3 is 2.50 bits per heavy atom. The van der Waals surface area contributed by atoms with Gasteiger partial charge in [0.05, 0.1) is 18.2 Å². The maximum atomic E-state index is 12.2. The number of amides is 1. The molecule has 1 saturated heterocycles. The fourth-order valence-electron chi connectivity index (χ4n) is 2.62. The summed E-state index contributed by atoms with van der Waals surface area (Å²) in [6, 6.07) is 12.3. The van der Waals surface area contributed by atoms with E-state index in [1.54, 1.807) is 30.2 Å². The summed E-state index contributed by atoms with van der Waals surface area (Å²) in [4.78, 5) is 13.9. The second-order valence-corrected chi connectivity index (χ2v) is 6.37. The van der Waals surface area contributed by atoms with E-state index < -0.39 is 6.04 Å². The van der Waals surface area contributed by atoms with Crippen LogP contribution < -0.4 is 15.4 Å². The Labute approximate surface area is 141 Å². The van der Waals surface area contributed by atoms with Gasteiger partial charge in [0.1, 0.15) is 11.8 Å². The van der Waals surface area contributed by atoms with Gasteiger partial charge in [-0.3, -0.25) is 4.79 Å². The van der Waals surface area contributed by atoms with Crippen LogP contribution >= 0.6 is 27.5 Å². The van der Waals surface area contributed by atoms with Crippen LogP contribution in [0.2, 0.25) is 5.02 Å². The molecule has 22 heavy (non-hydrogen) atoms. The van der Waals surface area contributed by atoms with Crippen LogP contribution in [0.4, 0.5) is 5.69 Å². The molecule has 0 unspecified atom stereocenters. The van der Waals surface area contributed by atoms with Gasteiger partial charge in [0.15, 0.2) is 0 Å². The molecule has 1 aliphatic rings. The molecule has 0 aromatic heterocycles. The van der Waals surface area contributed by atoms with Gasteiger partial charge in [-0.15, -0.1) is 0 Å². The van der Waals surface area contributed by atoms with Gasteiger partial charge >= 0.3 is 0 Å². The summed E-state index contributed by atoms with van der Waals surface area (Å²) >= 11 is 9.56. The maximum absolute atomic E-state index is 12.2. The van der Waals surface area contributed by atoms with Crippen molar-refractivity contribution in [2.75, 3.05) is 12.0 Å². The van der Waals surface area contributed by atoms with Crippen LogP contribution in [-0.2, 0) is 4.79 Å². The van der Waals surface area contributed by atoms with Crippen LogP contribution in [0.25, 0.3) is 0 Å². The minimum Gasteiger partial charge on any atom is -0.495 e. The summed E-state index contributed by atoms with van der Waals surface area (Å²) in [5.74, 6) is 0.456. The zero-order chi connectivity index (χ0) is 15.9. The number of ether oxygens (including phenoxy) is 1. The summed E-state index contributed by atoms with van der Waals surface area (Å²) in [6.07, 6.45) is 0. The molecule has 0 spiro atoms. The number of benzene rings is 2. The van der Waals surface area contributed by atoms with Gasteiger partial charge in [0.25, 0.3) is 0 Å². The largest absolute Gasteiger partial charge is 0.495 e. The second kappa shape index (κ2) is 5.91. The third kappa shape index (κ3) is 2.49. The molecule has 1 amide bonds. The van der Waals surface area contributed by atoms with Crippen LogP contribution in [0, 0.1) is 0 Å². The molecule has 2 atom stereocenters. The predicted molar refractivity (Wildman–Crippen MR) is 90.3 cm³/mol. The molecule has 2 aromatic rings. The first kappa shape index (κ1) is 15.3. The number of halogens is 2. The molecule has 0 saturated carbocycles. The summed E-state index contributed by atoms with van der Waals surface area (Å²) in [7, 11) is 1.55. The predicted octanol–water partition coefficient (Wildman–Crippen LogP) is 3.53. The zero-order valence-corrected chi connectivity index (χ0v) is 14.1. The Morgan fingerprint density at radius 1 is 1.23 bits per heavy atom. The van der Waals surface area contributed by atoms with Crippen molar-refractivity contribution in [1.29, 1.82) is 0 Å². The lowest BCUT2D eigenvalue weighted by Crippen LogP contribution is -2.63. The molecule has 0 aliphatic carbocycles. The highest BCUT2D eigenvalue weighted by atomic mass is 79.9. The monoisotopic (exact) mass is 380 g/mol. The summed E-state index contributed by atoms with van der Waals surface area (Å²) < 4.78 is 6.12. The van der Waals surface area contributed by atoms with E-state index in [-0.39, 0.29) is 11.9 Å². The number of hydrogen-bond acceptors (Lipinski definition) is 3. The van der Waals surface area contributed by atoms with Crippen molar-refractivity contribution < 1.29 is 9.53 Å². The van der Waals surface area contributed by atoms with E-state index >= 15 is 0 Å². The molecule has 1 heterocycles. The van der Waals surface area contributed by atoms with Gasteiger partial charge in [-0.05, 0) is 35.9 Å². The first-order valence-electron chi connectivity index (χ1n) is 6.70. The van der Waals surface area contributed by atoms with Crippen molar-refractivity contribution in [2.45, 2.75) is 12.1 Å². The minimum atomic E-state index is -0.540. The lowest BCUT2D eigenvalue weighted by molar-refractivity contribution is -0.126. The molecular formula is C16H14BrClN2O2. The first-order chi connectivity index (χ1) is 10.5. The molecule has 0 radical (unpaired) electrons. The summed E-state index contributed by atoms with van der Waals surface area (Å²) in [5, 5.41) is 0.461. The Hall–Kier alpha value is -1.56. The lowest BCUT2D eigenvalue weighted by atomic mass is 9.88. The average molecular weight is 382 g/mol. The minimum absolute atomic E-state index is 0.117. The highest BCUT2D eigenvalue weighted by Crippen LogP contribution is 2.40. The summed E-state index contributed by atoms with van der Waals surface area (Å²) in [6.45, 7) is 0. The maximum Gasteiger partial charge on any atom is 0.247 e. The number of rotatable bonds is 3. The normalized spacial score (nSPS) is 20.7. The third-order valence-corrected chi connectivity index (χ3v) is 4.59. The van der Waals surface area contributed by atoms with Gasteiger partial charge in [-0.1, -0.05) is 39.7 Å². The molecule has 2 aromatic carbocycles. The van der Waals surface area contributed by atoms with Crippen molar-refractivity contribution in [1.82, 2.24) is 0 Å². The van der Waals surface area contributed by atoms with E-state index in [1.807, 2.05) is 24.3 Å². The first-order valence-corrected chi connectivity index (χ1v) is 7.87. The van der Waals surface area contributed by atoms with Crippen LogP contribution in [0.15, 0.2) is 46.9 Å². The van der Waals surface area contributed by atoms with E-state index in [9.17, 15) is 4.79 Å². The molecule has 114 valence electrons. The molecule has 6 heteroatoms. The highest BCUT2D eigenvalue weighted by Gasteiger charge is 2.46. The molecule has 3 rings (SSSR count). The molecule has 1 fully saturated rings. The van der Waals surface area contributed by atoms with Gasteiger partial charge in [-0.2, -0.15) is 0 Å². The number of β-lactam (4-membered cyclic amide) rings is 1. The summed E-state index contributed by atoms with van der Waals surface area (Å²) in [5.41, 5.74) is 7.70. The van der Waals surface area contributed by atoms with E-state index in [0.29, 0.717) is 16.5 Å². The van der Waals surface area contributed by atoms with Gasteiger partial charge < -0.3 is 15.4 Å². The number of nitrogens with two attached hydrogens (primary N) is 1.